The lowest BCUT2D eigenvalue weighted by Crippen LogP contribution is -2.39. The number of carbonyl (C=O) groups excluding carboxylic acids is 2. The van der Waals surface area contributed by atoms with Crippen LogP contribution in [0.4, 0.5) is 5.00 Å². The van der Waals surface area contributed by atoms with Crippen molar-refractivity contribution >= 4 is 28.2 Å². The van der Waals surface area contributed by atoms with Crippen LogP contribution >= 0.6 is 11.3 Å². The number of carbonyl (C=O) groups is 2. The quantitative estimate of drug-likeness (QED) is 0.836. The largest absolute Gasteiger partial charge is 0.338 e. The summed E-state index contributed by atoms with van der Waals surface area (Å²) >= 11 is 1.34. The van der Waals surface area contributed by atoms with Crippen LogP contribution in [0.3, 0.4) is 0 Å². The second-order valence-corrected chi connectivity index (χ2v) is 7.27. The average Bonchev–Trinajstić information content (AvgIpc) is 3.32. The summed E-state index contributed by atoms with van der Waals surface area (Å²) in [5.41, 5.74) is 1.10. The smallest absolute Gasteiger partial charge is 0.263 e. The van der Waals surface area contributed by atoms with Crippen LogP contribution < -0.4 is 10.6 Å². The zero-order chi connectivity index (χ0) is 17.6. The van der Waals surface area contributed by atoms with Crippen molar-refractivity contribution in [1.29, 1.82) is 0 Å². The third-order valence-electron chi connectivity index (χ3n) is 4.40. The molecule has 2 N–H and O–H groups in total. The van der Waals surface area contributed by atoms with E-state index in [9.17, 15) is 9.59 Å². The van der Waals surface area contributed by atoms with Crippen molar-refractivity contribution in [2.24, 2.45) is 0 Å². The number of thiophene rings is 1. The van der Waals surface area contributed by atoms with E-state index in [1.807, 2.05) is 35.2 Å². The Hall–Kier alpha value is -2.18. The highest BCUT2D eigenvalue weighted by atomic mass is 32.1. The van der Waals surface area contributed by atoms with Crippen molar-refractivity contribution < 1.29 is 9.59 Å². The van der Waals surface area contributed by atoms with E-state index in [-0.39, 0.29) is 17.9 Å². The molecular formula is C19H23N3O2S. The molecule has 0 saturated carbocycles. The minimum atomic E-state index is -0.317. The first-order chi connectivity index (χ1) is 12.2. The molecule has 6 heteroatoms. The van der Waals surface area contributed by atoms with Gasteiger partial charge < -0.3 is 15.5 Å². The number of nitrogens with zero attached hydrogens (tertiary/aromatic N) is 1. The molecule has 0 radical (unpaired) electrons. The molecule has 1 atom stereocenters. The summed E-state index contributed by atoms with van der Waals surface area (Å²) in [5.74, 6) is -0.0224. The second-order valence-electron chi connectivity index (χ2n) is 6.18. The minimum Gasteiger partial charge on any atom is -0.338 e. The van der Waals surface area contributed by atoms with E-state index in [2.05, 4.69) is 10.6 Å². The van der Waals surface area contributed by atoms with Crippen LogP contribution in [0.2, 0.25) is 0 Å². The van der Waals surface area contributed by atoms with Crippen LogP contribution in [0.15, 0.2) is 42.5 Å². The average molecular weight is 357 g/mol. The lowest BCUT2D eigenvalue weighted by atomic mass is 10.1. The molecule has 1 aliphatic rings. The highest BCUT2D eigenvalue weighted by Crippen LogP contribution is 2.25. The van der Waals surface area contributed by atoms with Crippen molar-refractivity contribution in [3.8, 4) is 0 Å². The normalized spacial score (nSPS) is 15.2. The lowest BCUT2D eigenvalue weighted by molar-refractivity contribution is -0.118. The molecule has 0 aliphatic carbocycles. The fourth-order valence-electron chi connectivity index (χ4n) is 2.98. The van der Waals surface area contributed by atoms with E-state index in [0.29, 0.717) is 16.3 Å². The van der Waals surface area contributed by atoms with Gasteiger partial charge in [0.15, 0.2) is 0 Å². The van der Waals surface area contributed by atoms with Gasteiger partial charge in [-0.25, -0.2) is 0 Å². The third kappa shape index (κ3) is 4.46. The number of likely N-dealkylation sites (tertiary alicyclic amines) is 1. The maximum atomic E-state index is 12.5. The predicted octanol–water partition coefficient (Wildman–Crippen LogP) is 2.75. The number of anilines is 1. The van der Waals surface area contributed by atoms with Gasteiger partial charge in [0.1, 0.15) is 0 Å². The van der Waals surface area contributed by atoms with Crippen molar-refractivity contribution in [2.45, 2.75) is 25.3 Å². The summed E-state index contributed by atoms with van der Waals surface area (Å²) < 4.78 is 0. The first-order valence-electron chi connectivity index (χ1n) is 8.58. The van der Waals surface area contributed by atoms with E-state index in [4.69, 9.17) is 0 Å². The van der Waals surface area contributed by atoms with Gasteiger partial charge in [0.05, 0.1) is 15.9 Å². The second kappa shape index (κ2) is 8.27. The Bertz CT molecular complexity index is 723. The topological polar surface area (TPSA) is 61.4 Å². The Labute approximate surface area is 152 Å². The zero-order valence-electron chi connectivity index (χ0n) is 14.3. The standard InChI is InChI=1S/C19H23N3O2S/c1-20-15(13-14-7-3-2-4-8-14)18(23)21-17-10-9-16(25-17)19(24)22-11-5-6-12-22/h2-4,7-10,15,20H,5-6,11-13H2,1H3,(H,21,23)/t15-/m0/s1. The van der Waals surface area contributed by atoms with Crippen molar-refractivity contribution in [1.82, 2.24) is 10.2 Å². The summed E-state index contributed by atoms with van der Waals surface area (Å²) in [4.78, 5) is 27.5. The molecule has 0 bridgehead atoms. The van der Waals surface area contributed by atoms with Gasteiger partial charge in [-0.05, 0) is 44.0 Å². The molecule has 0 unspecified atom stereocenters. The predicted molar refractivity (Wildman–Crippen MR) is 101 cm³/mol. The molecule has 1 aromatic carbocycles. The molecule has 1 fully saturated rings. The van der Waals surface area contributed by atoms with E-state index in [1.54, 1.807) is 19.2 Å². The Morgan fingerprint density at radius 3 is 2.52 bits per heavy atom. The first kappa shape index (κ1) is 17.6. The Morgan fingerprint density at radius 2 is 1.84 bits per heavy atom. The first-order valence-corrected chi connectivity index (χ1v) is 9.40. The van der Waals surface area contributed by atoms with E-state index < -0.39 is 0 Å². The maximum Gasteiger partial charge on any atom is 0.263 e. The van der Waals surface area contributed by atoms with E-state index >= 15 is 0 Å². The number of hydrogen-bond donors (Lipinski definition) is 2. The molecule has 1 aromatic heterocycles. The van der Waals surface area contributed by atoms with Gasteiger partial charge in [-0.3, -0.25) is 9.59 Å². The third-order valence-corrected chi connectivity index (χ3v) is 5.39. The van der Waals surface area contributed by atoms with Gasteiger partial charge in [0, 0.05) is 13.1 Å². The molecule has 2 heterocycles. The summed E-state index contributed by atoms with van der Waals surface area (Å²) in [5, 5.41) is 6.70. The SMILES string of the molecule is CN[C@@H](Cc1ccccc1)C(=O)Nc1ccc(C(=O)N2CCCC2)s1. The highest BCUT2D eigenvalue weighted by molar-refractivity contribution is 7.18. The fraction of sp³-hybridized carbons (Fsp3) is 0.368. The van der Waals surface area contributed by atoms with Crippen LogP contribution in [-0.4, -0.2) is 42.9 Å². The molecule has 5 nitrogen and oxygen atoms in total. The summed E-state index contributed by atoms with van der Waals surface area (Å²) in [6.07, 6.45) is 2.77. The van der Waals surface area contributed by atoms with Crippen LogP contribution in [0.1, 0.15) is 28.1 Å². The molecule has 25 heavy (non-hydrogen) atoms. The summed E-state index contributed by atoms with van der Waals surface area (Å²) in [7, 11) is 1.78. The number of amides is 2. The molecule has 2 amide bonds. The Kier molecular flexibility index (Phi) is 5.83. The van der Waals surface area contributed by atoms with Crippen LogP contribution in [0.25, 0.3) is 0 Å². The van der Waals surface area contributed by atoms with Crippen LogP contribution in [-0.2, 0) is 11.2 Å². The molecule has 3 rings (SSSR count). The summed E-state index contributed by atoms with van der Waals surface area (Å²) in [6.45, 7) is 1.66. The van der Waals surface area contributed by atoms with E-state index in [1.165, 1.54) is 11.3 Å². The fourth-order valence-corrected chi connectivity index (χ4v) is 3.86. The number of likely N-dealkylation sites (N-methyl/N-ethyl adjacent to an activating group) is 1. The molecule has 132 valence electrons. The van der Waals surface area contributed by atoms with Gasteiger partial charge in [-0.1, -0.05) is 30.3 Å². The highest BCUT2D eigenvalue weighted by Gasteiger charge is 2.22. The van der Waals surface area contributed by atoms with Crippen LogP contribution in [0.5, 0.6) is 0 Å². The Balaban J connectivity index is 1.61. The number of nitrogens with one attached hydrogen (secondary N) is 2. The maximum absolute atomic E-state index is 12.5. The van der Waals surface area contributed by atoms with Gasteiger partial charge >= 0.3 is 0 Å². The van der Waals surface area contributed by atoms with Crippen LogP contribution in [0, 0.1) is 0 Å². The van der Waals surface area contributed by atoms with E-state index in [0.717, 1.165) is 31.5 Å². The number of hydrogen-bond acceptors (Lipinski definition) is 4. The zero-order valence-corrected chi connectivity index (χ0v) is 15.1. The van der Waals surface area contributed by atoms with Gasteiger partial charge in [-0.2, -0.15) is 0 Å². The summed E-state index contributed by atoms with van der Waals surface area (Å²) in [6, 6.07) is 13.2. The molecule has 1 aliphatic heterocycles. The van der Waals surface area contributed by atoms with Gasteiger partial charge in [0.25, 0.3) is 5.91 Å². The number of rotatable bonds is 6. The number of benzene rings is 1. The van der Waals surface area contributed by atoms with Crippen molar-refractivity contribution in [2.75, 3.05) is 25.5 Å². The van der Waals surface area contributed by atoms with Crippen molar-refractivity contribution in [3.05, 3.63) is 52.9 Å². The minimum absolute atomic E-state index is 0.0671. The molecule has 0 spiro atoms. The molecule has 1 saturated heterocycles. The monoisotopic (exact) mass is 357 g/mol. The lowest BCUT2D eigenvalue weighted by Gasteiger charge is -2.15. The van der Waals surface area contributed by atoms with Gasteiger partial charge in [0.2, 0.25) is 5.91 Å². The van der Waals surface area contributed by atoms with Crippen molar-refractivity contribution in [3.63, 3.8) is 0 Å². The Morgan fingerprint density at radius 1 is 1.12 bits per heavy atom. The molecule has 2 aromatic rings. The van der Waals surface area contributed by atoms with Gasteiger partial charge in [-0.15, -0.1) is 11.3 Å². The molecular weight excluding hydrogens is 334 g/mol.